The van der Waals surface area contributed by atoms with Crippen LogP contribution in [0, 0.1) is 12.7 Å². The van der Waals surface area contributed by atoms with Gasteiger partial charge in [-0.2, -0.15) is 0 Å². The number of ether oxygens (including phenoxy) is 1. The molecule has 0 saturated heterocycles. The molecular formula is C18H22FNO. The third-order valence-corrected chi connectivity index (χ3v) is 3.53. The molecule has 0 unspecified atom stereocenters. The lowest BCUT2D eigenvalue weighted by Crippen LogP contribution is -2.11. The van der Waals surface area contributed by atoms with Crippen molar-refractivity contribution >= 4 is 5.69 Å². The monoisotopic (exact) mass is 287 g/mol. The van der Waals surface area contributed by atoms with Crippen LogP contribution in [0.1, 0.15) is 37.5 Å². The lowest BCUT2D eigenvalue weighted by molar-refractivity contribution is 0.304. The number of hydrogen-bond donors (Lipinski definition) is 1. The molecule has 0 aliphatic carbocycles. The van der Waals surface area contributed by atoms with Gasteiger partial charge in [0.2, 0.25) is 0 Å². The van der Waals surface area contributed by atoms with E-state index in [9.17, 15) is 4.39 Å². The first-order chi connectivity index (χ1) is 9.77. The second-order valence-electron chi connectivity index (χ2n) is 6.36. The van der Waals surface area contributed by atoms with E-state index in [4.69, 9.17) is 10.5 Å². The van der Waals surface area contributed by atoms with Gasteiger partial charge in [-0.05, 0) is 41.7 Å². The van der Waals surface area contributed by atoms with Gasteiger partial charge in [0.25, 0.3) is 0 Å². The zero-order valence-electron chi connectivity index (χ0n) is 13.0. The van der Waals surface area contributed by atoms with E-state index in [0.29, 0.717) is 12.3 Å². The molecule has 2 N–H and O–H groups in total. The average Bonchev–Trinajstić information content (AvgIpc) is 2.38. The summed E-state index contributed by atoms with van der Waals surface area (Å²) in [5.74, 6) is 0.494. The second-order valence-corrected chi connectivity index (χ2v) is 6.36. The zero-order valence-corrected chi connectivity index (χ0v) is 13.0. The summed E-state index contributed by atoms with van der Waals surface area (Å²) in [4.78, 5) is 0. The highest BCUT2D eigenvalue weighted by molar-refractivity contribution is 5.47. The molecule has 0 fully saturated rings. The molecule has 0 heterocycles. The van der Waals surface area contributed by atoms with E-state index in [2.05, 4.69) is 32.9 Å². The molecule has 112 valence electrons. The topological polar surface area (TPSA) is 35.2 Å². The Bertz CT molecular complexity index is 644. The summed E-state index contributed by atoms with van der Waals surface area (Å²) >= 11 is 0. The second kappa shape index (κ2) is 5.76. The van der Waals surface area contributed by atoms with Gasteiger partial charge in [-0.15, -0.1) is 0 Å². The predicted molar refractivity (Wildman–Crippen MR) is 85.0 cm³/mol. The van der Waals surface area contributed by atoms with Crippen LogP contribution in [0.2, 0.25) is 0 Å². The maximum absolute atomic E-state index is 13.0. The van der Waals surface area contributed by atoms with Gasteiger partial charge >= 0.3 is 0 Å². The molecule has 21 heavy (non-hydrogen) atoms. The fourth-order valence-electron chi connectivity index (χ4n) is 2.13. The van der Waals surface area contributed by atoms with Crippen LogP contribution in [0.25, 0.3) is 0 Å². The Hall–Kier alpha value is -2.03. The van der Waals surface area contributed by atoms with Crippen molar-refractivity contribution in [1.82, 2.24) is 0 Å². The molecule has 0 saturated carbocycles. The number of halogens is 1. The van der Waals surface area contributed by atoms with Gasteiger partial charge in [0, 0.05) is 11.3 Å². The molecule has 0 spiro atoms. The Labute approximate surface area is 125 Å². The quantitative estimate of drug-likeness (QED) is 0.838. The number of anilines is 1. The molecular weight excluding hydrogens is 265 g/mol. The largest absolute Gasteiger partial charge is 0.489 e. The fraction of sp³-hybridized carbons (Fsp3) is 0.333. The molecule has 0 aromatic heterocycles. The average molecular weight is 287 g/mol. The minimum absolute atomic E-state index is 0.116. The Morgan fingerprint density at radius 3 is 2.38 bits per heavy atom. The summed E-state index contributed by atoms with van der Waals surface area (Å²) in [5.41, 5.74) is 9.46. The summed E-state index contributed by atoms with van der Waals surface area (Å²) in [6.45, 7) is 8.91. The number of aryl methyl sites for hydroxylation is 1. The summed E-state index contributed by atoms with van der Waals surface area (Å²) < 4.78 is 18.8. The van der Waals surface area contributed by atoms with Gasteiger partial charge in [0.05, 0.1) is 0 Å². The summed E-state index contributed by atoms with van der Waals surface area (Å²) in [7, 11) is 0. The van der Waals surface area contributed by atoms with Crippen molar-refractivity contribution in [2.24, 2.45) is 0 Å². The van der Waals surface area contributed by atoms with E-state index in [1.807, 2.05) is 13.0 Å². The number of rotatable bonds is 3. The minimum atomic E-state index is -0.332. The molecule has 0 bridgehead atoms. The molecule has 2 rings (SSSR count). The van der Waals surface area contributed by atoms with E-state index in [1.165, 1.54) is 17.7 Å². The van der Waals surface area contributed by atoms with Crippen LogP contribution in [0.5, 0.6) is 5.75 Å². The van der Waals surface area contributed by atoms with E-state index in [-0.39, 0.29) is 11.2 Å². The first-order valence-corrected chi connectivity index (χ1v) is 7.05. The normalized spacial score (nSPS) is 11.5. The number of nitrogen functional groups attached to an aromatic ring is 1. The summed E-state index contributed by atoms with van der Waals surface area (Å²) in [6, 6.07) is 10.6. The van der Waals surface area contributed by atoms with Crippen LogP contribution in [-0.2, 0) is 12.0 Å². The SMILES string of the molecule is Cc1cc(C(C)(C)C)ccc1OCc1ccc(F)cc1N. The summed E-state index contributed by atoms with van der Waals surface area (Å²) in [5, 5.41) is 0. The van der Waals surface area contributed by atoms with Gasteiger partial charge in [-0.3, -0.25) is 0 Å². The molecule has 3 heteroatoms. The van der Waals surface area contributed by atoms with Crippen LogP contribution in [0.3, 0.4) is 0 Å². The number of hydrogen-bond acceptors (Lipinski definition) is 2. The van der Waals surface area contributed by atoms with Crippen LogP contribution in [0.15, 0.2) is 36.4 Å². The maximum atomic E-state index is 13.0. The number of benzene rings is 2. The molecule has 2 aromatic carbocycles. The van der Waals surface area contributed by atoms with Crippen molar-refractivity contribution in [3.8, 4) is 5.75 Å². The Balaban J connectivity index is 2.13. The highest BCUT2D eigenvalue weighted by atomic mass is 19.1. The zero-order chi connectivity index (χ0) is 15.6. The van der Waals surface area contributed by atoms with Crippen molar-refractivity contribution in [2.45, 2.75) is 39.7 Å². The molecule has 0 radical (unpaired) electrons. The van der Waals surface area contributed by atoms with Crippen LogP contribution in [0.4, 0.5) is 10.1 Å². The smallest absolute Gasteiger partial charge is 0.125 e. The van der Waals surface area contributed by atoms with E-state index >= 15 is 0 Å². The third kappa shape index (κ3) is 3.75. The van der Waals surface area contributed by atoms with Gasteiger partial charge < -0.3 is 10.5 Å². The number of nitrogens with two attached hydrogens (primary N) is 1. The molecule has 2 aromatic rings. The highest BCUT2D eigenvalue weighted by Gasteiger charge is 2.14. The Morgan fingerprint density at radius 1 is 1.10 bits per heavy atom. The standard InChI is InChI=1S/C18H22FNO/c1-12-9-14(18(2,3)4)6-8-17(12)21-11-13-5-7-15(19)10-16(13)20/h5-10H,11,20H2,1-4H3. The first kappa shape index (κ1) is 15.4. The molecule has 0 atom stereocenters. The molecule has 2 nitrogen and oxygen atoms in total. The van der Waals surface area contributed by atoms with Crippen molar-refractivity contribution in [2.75, 3.05) is 5.73 Å². The van der Waals surface area contributed by atoms with Crippen molar-refractivity contribution in [1.29, 1.82) is 0 Å². The Kier molecular flexibility index (Phi) is 4.21. The highest BCUT2D eigenvalue weighted by Crippen LogP contribution is 2.28. The van der Waals surface area contributed by atoms with Gasteiger partial charge in [0.1, 0.15) is 18.2 Å². The summed E-state index contributed by atoms with van der Waals surface area (Å²) in [6.07, 6.45) is 0. The Morgan fingerprint density at radius 2 is 1.81 bits per heavy atom. The van der Waals surface area contributed by atoms with Crippen LogP contribution >= 0.6 is 0 Å². The lowest BCUT2D eigenvalue weighted by Gasteiger charge is -2.20. The fourth-order valence-corrected chi connectivity index (χ4v) is 2.13. The molecule has 0 amide bonds. The lowest BCUT2D eigenvalue weighted by atomic mass is 9.86. The van der Waals surface area contributed by atoms with Crippen LogP contribution in [-0.4, -0.2) is 0 Å². The van der Waals surface area contributed by atoms with E-state index in [1.54, 1.807) is 6.07 Å². The molecule has 0 aliphatic rings. The minimum Gasteiger partial charge on any atom is -0.489 e. The van der Waals surface area contributed by atoms with Gasteiger partial charge in [-0.25, -0.2) is 4.39 Å². The predicted octanol–water partition coefficient (Wildman–Crippen LogP) is 4.59. The van der Waals surface area contributed by atoms with Crippen LogP contribution < -0.4 is 10.5 Å². The molecule has 0 aliphatic heterocycles. The van der Waals surface area contributed by atoms with E-state index in [0.717, 1.165) is 16.9 Å². The van der Waals surface area contributed by atoms with Gasteiger partial charge in [0.15, 0.2) is 0 Å². The van der Waals surface area contributed by atoms with Crippen molar-refractivity contribution < 1.29 is 9.13 Å². The van der Waals surface area contributed by atoms with Crippen molar-refractivity contribution in [3.63, 3.8) is 0 Å². The first-order valence-electron chi connectivity index (χ1n) is 7.05. The van der Waals surface area contributed by atoms with Gasteiger partial charge in [-0.1, -0.05) is 39.0 Å². The maximum Gasteiger partial charge on any atom is 0.125 e. The van der Waals surface area contributed by atoms with Crippen molar-refractivity contribution in [3.05, 3.63) is 58.9 Å². The third-order valence-electron chi connectivity index (χ3n) is 3.53. The van der Waals surface area contributed by atoms with E-state index < -0.39 is 0 Å².